The summed E-state index contributed by atoms with van der Waals surface area (Å²) in [5, 5.41) is 2.35. The zero-order chi connectivity index (χ0) is 33.9. The molecule has 242 valence electrons. The van der Waals surface area contributed by atoms with Gasteiger partial charge < -0.3 is 4.74 Å². The molecule has 0 bridgehead atoms. The van der Waals surface area contributed by atoms with Gasteiger partial charge in [0.2, 0.25) is 0 Å². The normalized spacial score (nSPS) is 12.3. The van der Waals surface area contributed by atoms with Crippen molar-refractivity contribution in [3.63, 3.8) is 0 Å². The maximum atomic E-state index is 6.62. The molecule has 5 heteroatoms. The summed E-state index contributed by atoms with van der Waals surface area (Å²) in [6, 6.07) is 44.9. The molecule has 0 saturated carbocycles. The molecule has 8 aromatic rings. The van der Waals surface area contributed by atoms with Gasteiger partial charge in [-0.1, -0.05) is 90.1 Å². The van der Waals surface area contributed by atoms with Crippen molar-refractivity contribution in [3.8, 4) is 28.7 Å². The van der Waals surface area contributed by atoms with Gasteiger partial charge in [-0.3, -0.25) is 4.57 Å². The third-order valence-corrected chi connectivity index (χ3v) is 9.44. The quantitative estimate of drug-likeness (QED) is 0.175. The summed E-state index contributed by atoms with van der Waals surface area (Å²) >= 11 is 0. The molecule has 5 nitrogen and oxygen atoms in total. The number of rotatable bonds is 5. The minimum atomic E-state index is 0.0104. The van der Waals surface area contributed by atoms with Crippen molar-refractivity contribution in [2.75, 3.05) is 0 Å². The summed E-state index contributed by atoms with van der Waals surface area (Å²) in [6.45, 7) is 13.5. The Labute approximate surface area is 287 Å². The zero-order valence-electron chi connectivity index (χ0n) is 29.0. The second kappa shape index (κ2) is 11.5. The fourth-order valence-corrected chi connectivity index (χ4v) is 6.75. The molecular weight excluding hydrogens is 601 g/mol. The molecule has 5 aromatic carbocycles. The molecule has 0 aliphatic heterocycles. The maximum Gasteiger partial charge on any atom is 0.255 e. The molecule has 3 aromatic heterocycles. The van der Waals surface area contributed by atoms with E-state index in [0.717, 1.165) is 50.8 Å². The van der Waals surface area contributed by atoms with E-state index in [4.69, 9.17) is 9.72 Å². The first kappa shape index (κ1) is 30.6. The number of nitrogens with zero attached hydrogens (tertiary/aromatic N) is 4. The maximum absolute atomic E-state index is 6.62. The highest BCUT2D eigenvalue weighted by Crippen LogP contribution is 2.36. The Bertz CT molecular complexity index is 2500. The average molecular weight is 642 g/mol. The van der Waals surface area contributed by atoms with Crippen LogP contribution in [0.3, 0.4) is 0 Å². The number of aromatic nitrogens is 4. The van der Waals surface area contributed by atoms with Crippen molar-refractivity contribution in [3.05, 3.63) is 151 Å². The van der Waals surface area contributed by atoms with E-state index < -0.39 is 0 Å². The second-order valence-electron chi connectivity index (χ2n) is 14.9. The highest BCUT2D eigenvalue weighted by molar-refractivity contribution is 6.09. The Kier molecular flexibility index (Phi) is 7.18. The van der Waals surface area contributed by atoms with Gasteiger partial charge in [-0.15, -0.1) is 0 Å². The van der Waals surface area contributed by atoms with Gasteiger partial charge in [0, 0.05) is 29.1 Å². The van der Waals surface area contributed by atoms with Crippen molar-refractivity contribution in [1.29, 1.82) is 0 Å². The van der Waals surface area contributed by atoms with Crippen molar-refractivity contribution < 1.29 is 9.30 Å². The lowest BCUT2D eigenvalue weighted by Crippen LogP contribution is -2.29. The van der Waals surface area contributed by atoms with Crippen LogP contribution in [-0.2, 0) is 10.8 Å². The van der Waals surface area contributed by atoms with Crippen LogP contribution in [0, 0.1) is 0 Å². The Balaban J connectivity index is 1.20. The number of ether oxygens (including phenoxy) is 1. The molecule has 49 heavy (non-hydrogen) atoms. The predicted octanol–water partition coefficient (Wildman–Crippen LogP) is 10.8. The first-order valence-corrected chi connectivity index (χ1v) is 17.0. The number of fused-ring (bicyclic) bond motifs is 4. The van der Waals surface area contributed by atoms with Gasteiger partial charge in [-0.05, 0) is 88.7 Å². The molecule has 0 saturated heterocycles. The van der Waals surface area contributed by atoms with Crippen LogP contribution in [0.4, 0.5) is 0 Å². The van der Waals surface area contributed by atoms with Crippen LogP contribution in [-0.4, -0.2) is 14.1 Å². The SMILES string of the molecule is CC(C)(C)c1cccc(-[n+]2cn(-c3cccc(Oc4ccc5c6ccccc6n(-c6cc(C(C)(C)C)ccn6)c5c4)c3)c3ccccc32)c1. The summed E-state index contributed by atoms with van der Waals surface area (Å²) in [5.41, 5.74) is 9.23. The molecule has 0 atom stereocenters. The first-order valence-electron chi connectivity index (χ1n) is 17.0. The first-order chi connectivity index (χ1) is 23.5. The zero-order valence-corrected chi connectivity index (χ0v) is 29.0. The van der Waals surface area contributed by atoms with E-state index in [-0.39, 0.29) is 10.8 Å². The van der Waals surface area contributed by atoms with E-state index in [0.29, 0.717) is 0 Å². The Morgan fingerprint density at radius 2 is 1.27 bits per heavy atom. The summed E-state index contributed by atoms with van der Waals surface area (Å²) in [6.07, 6.45) is 4.09. The molecule has 0 aliphatic carbocycles. The largest absolute Gasteiger partial charge is 0.457 e. The minimum Gasteiger partial charge on any atom is -0.457 e. The van der Waals surface area contributed by atoms with Crippen LogP contribution in [0.25, 0.3) is 50.0 Å². The van der Waals surface area contributed by atoms with Gasteiger partial charge in [0.25, 0.3) is 6.33 Å². The van der Waals surface area contributed by atoms with E-state index in [9.17, 15) is 0 Å². The van der Waals surface area contributed by atoms with Crippen molar-refractivity contribution in [2.45, 2.75) is 52.4 Å². The Morgan fingerprint density at radius 1 is 0.571 bits per heavy atom. The molecule has 0 radical (unpaired) electrons. The number of hydrogen-bond acceptors (Lipinski definition) is 2. The van der Waals surface area contributed by atoms with Gasteiger partial charge in [0.1, 0.15) is 28.7 Å². The highest BCUT2D eigenvalue weighted by Gasteiger charge is 2.22. The van der Waals surface area contributed by atoms with Gasteiger partial charge in [0.15, 0.2) is 11.0 Å². The monoisotopic (exact) mass is 641 g/mol. The van der Waals surface area contributed by atoms with Gasteiger partial charge in [-0.2, -0.15) is 9.13 Å². The van der Waals surface area contributed by atoms with Gasteiger partial charge in [-0.25, -0.2) is 4.98 Å². The predicted molar refractivity (Wildman–Crippen MR) is 201 cm³/mol. The molecule has 0 N–H and O–H groups in total. The number of pyridine rings is 1. The number of para-hydroxylation sites is 3. The molecule has 0 spiro atoms. The van der Waals surface area contributed by atoms with Crippen LogP contribution >= 0.6 is 0 Å². The topological polar surface area (TPSA) is 35.9 Å². The molecular formula is C44H41N4O+. The Morgan fingerprint density at radius 3 is 2.08 bits per heavy atom. The summed E-state index contributed by atoms with van der Waals surface area (Å²) in [5.74, 6) is 2.44. The van der Waals surface area contributed by atoms with Crippen LogP contribution in [0.5, 0.6) is 11.5 Å². The number of hydrogen-bond donors (Lipinski definition) is 0. The van der Waals surface area contributed by atoms with Crippen LogP contribution in [0.2, 0.25) is 0 Å². The van der Waals surface area contributed by atoms with E-state index in [1.54, 1.807) is 0 Å². The fourth-order valence-electron chi connectivity index (χ4n) is 6.75. The van der Waals surface area contributed by atoms with Crippen LogP contribution in [0.1, 0.15) is 52.7 Å². The van der Waals surface area contributed by atoms with Crippen molar-refractivity contribution >= 4 is 32.8 Å². The molecule has 0 unspecified atom stereocenters. The summed E-state index contributed by atoms with van der Waals surface area (Å²) in [4.78, 5) is 4.84. The van der Waals surface area contributed by atoms with E-state index >= 15 is 0 Å². The van der Waals surface area contributed by atoms with Gasteiger partial charge >= 0.3 is 0 Å². The highest BCUT2D eigenvalue weighted by atomic mass is 16.5. The second-order valence-corrected chi connectivity index (χ2v) is 14.9. The van der Waals surface area contributed by atoms with Crippen LogP contribution < -0.4 is 9.30 Å². The smallest absolute Gasteiger partial charge is 0.255 e. The van der Waals surface area contributed by atoms with E-state index in [1.165, 1.54) is 21.9 Å². The molecule has 0 amide bonds. The Hall–Kier alpha value is -5.68. The number of imidazole rings is 1. The molecule has 0 fully saturated rings. The van der Waals surface area contributed by atoms with Crippen molar-refractivity contribution in [2.24, 2.45) is 0 Å². The third kappa shape index (κ3) is 5.55. The van der Waals surface area contributed by atoms with Crippen LogP contribution in [0.15, 0.2) is 140 Å². The average Bonchev–Trinajstić information content (AvgIpc) is 3.64. The lowest BCUT2D eigenvalue weighted by molar-refractivity contribution is -0.567. The fraction of sp³-hybridized carbons (Fsp3) is 0.182. The standard InChI is InChI=1S/C44H41N4O/c1-43(2,3)30-13-11-14-32(25-30)46-29-47(40-20-10-9-19-39(40)46)33-15-12-16-34(27-33)49-35-21-22-37-36-17-7-8-18-38(36)48(41(37)28-35)42-26-31(23-24-45-42)44(4,5)6/h7-29H,1-6H3/q+1. The summed E-state index contributed by atoms with van der Waals surface area (Å²) in [7, 11) is 0. The minimum absolute atomic E-state index is 0.0104. The third-order valence-electron chi connectivity index (χ3n) is 9.44. The number of benzene rings is 5. The molecule has 8 rings (SSSR count). The molecule has 0 aliphatic rings. The summed E-state index contributed by atoms with van der Waals surface area (Å²) < 4.78 is 13.4. The lowest BCUT2D eigenvalue weighted by atomic mass is 9.87. The van der Waals surface area contributed by atoms with E-state index in [2.05, 4.69) is 183 Å². The van der Waals surface area contributed by atoms with Crippen molar-refractivity contribution in [1.82, 2.24) is 14.1 Å². The lowest BCUT2D eigenvalue weighted by Gasteiger charge is -2.20. The van der Waals surface area contributed by atoms with E-state index in [1.807, 2.05) is 12.3 Å². The van der Waals surface area contributed by atoms with Gasteiger partial charge in [0.05, 0.1) is 11.0 Å². The molecule has 3 heterocycles.